The first-order chi connectivity index (χ1) is 7.65. The van der Waals surface area contributed by atoms with E-state index in [4.69, 9.17) is 4.74 Å². The molecular weight excluding hydrogens is 270 g/mol. The van der Waals surface area contributed by atoms with Crippen molar-refractivity contribution in [3.8, 4) is 0 Å². The molecule has 1 aliphatic carbocycles. The molecule has 1 heterocycles. The van der Waals surface area contributed by atoms with Crippen molar-refractivity contribution >= 4 is 21.9 Å². The number of esters is 1. The molecule has 0 bridgehead atoms. The number of aromatic nitrogens is 1. The Morgan fingerprint density at radius 3 is 2.94 bits per heavy atom. The fraction of sp³-hybridized carbons (Fsp3) is 0.500. The molecule has 16 heavy (non-hydrogen) atoms. The number of methoxy groups -OCH3 is 1. The molecule has 1 aromatic heterocycles. The molecule has 0 fully saturated rings. The standard InChI is InChI=1S/C12H14BrNO2/c1-7-3-4-10(13)8-5-14-6-9(11(7)8)12(15)16-2/h5-7,10H,3-4H2,1-2H3. The average Bonchev–Trinajstić information content (AvgIpc) is 2.32. The maximum absolute atomic E-state index is 11.7. The molecule has 0 N–H and O–H groups in total. The molecule has 2 rings (SSSR count). The number of hydrogen-bond donors (Lipinski definition) is 0. The minimum atomic E-state index is -0.294. The van der Waals surface area contributed by atoms with Gasteiger partial charge in [0, 0.05) is 17.2 Å². The van der Waals surface area contributed by atoms with Crippen LogP contribution in [-0.2, 0) is 4.74 Å². The highest BCUT2D eigenvalue weighted by Gasteiger charge is 2.28. The quantitative estimate of drug-likeness (QED) is 0.587. The summed E-state index contributed by atoms with van der Waals surface area (Å²) in [4.78, 5) is 16.1. The summed E-state index contributed by atoms with van der Waals surface area (Å²) >= 11 is 3.63. The van der Waals surface area contributed by atoms with Crippen LogP contribution < -0.4 is 0 Å². The molecule has 2 unspecified atom stereocenters. The van der Waals surface area contributed by atoms with Gasteiger partial charge in [-0.2, -0.15) is 0 Å². The topological polar surface area (TPSA) is 39.2 Å². The Morgan fingerprint density at radius 1 is 1.50 bits per heavy atom. The number of carbonyl (C=O) groups is 1. The van der Waals surface area contributed by atoms with Gasteiger partial charge in [-0.15, -0.1) is 0 Å². The van der Waals surface area contributed by atoms with E-state index in [0.29, 0.717) is 16.3 Å². The zero-order valence-corrected chi connectivity index (χ0v) is 11.0. The lowest BCUT2D eigenvalue weighted by Crippen LogP contribution is -2.16. The molecule has 86 valence electrons. The second-order valence-electron chi connectivity index (χ2n) is 4.13. The Kier molecular flexibility index (Phi) is 3.28. The predicted octanol–water partition coefficient (Wildman–Crippen LogP) is 3.20. The number of halogens is 1. The summed E-state index contributed by atoms with van der Waals surface area (Å²) in [6, 6.07) is 0. The normalized spacial score (nSPS) is 23.7. The first-order valence-electron chi connectivity index (χ1n) is 5.35. The lowest BCUT2D eigenvalue weighted by molar-refractivity contribution is 0.0598. The number of ether oxygens (including phenoxy) is 1. The van der Waals surface area contributed by atoms with Crippen LogP contribution in [0.15, 0.2) is 12.4 Å². The molecule has 1 aromatic rings. The highest BCUT2D eigenvalue weighted by molar-refractivity contribution is 9.09. The predicted molar refractivity (Wildman–Crippen MR) is 64.9 cm³/mol. The van der Waals surface area contributed by atoms with E-state index in [1.165, 1.54) is 7.11 Å². The Bertz CT molecular complexity index is 419. The van der Waals surface area contributed by atoms with Crippen molar-refractivity contribution in [3.63, 3.8) is 0 Å². The van der Waals surface area contributed by atoms with Crippen molar-refractivity contribution in [3.05, 3.63) is 29.1 Å². The number of nitrogens with zero attached hydrogens (tertiary/aromatic N) is 1. The van der Waals surface area contributed by atoms with Gasteiger partial charge in [-0.3, -0.25) is 4.98 Å². The van der Waals surface area contributed by atoms with Crippen LogP contribution in [0.2, 0.25) is 0 Å². The summed E-state index contributed by atoms with van der Waals surface area (Å²) in [7, 11) is 1.40. The summed E-state index contributed by atoms with van der Waals surface area (Å²) in [6.07, 6.45) is 5.61. The maximum Gasteiger partial charge on any atom is 0.339 e. The summed E-state index contributed by atoms with van der Waals surface area (Å²) in [5.41, 5.74) is 2.83. The smallest absolute Gasteiger partial charge is 0.339 e. The Hall–Kier alpha value is -0.900. The second-order valence-corrected chi connectivity index (χ2v) is 5.23. The van der Waals surface area contributed by atoms with Crippen LogP contribution in [0.3, 0.4) is 0 Å². The van der Waals surface area contributed by atoms with E-state index < -0.39 is 0 Å². The third-order valence-corrected chi connectivity index (χ3v) is 4.06. The van der Waals surface area contributed by atoms with E-state index in [0.717, 1.165) is 24.0 Å². The van der Waals surface area contributed by atoms with Gasteiger partial charge < -0.3 is 4.74 Å². The van der Waals surface area contributed by atoms with Gasteiger partial charge in [0.05, 0.1) is 12.7 Å². The molecule has 0 radical (unpaired) electrons. The van der Waals surface area contributed by atoms with E-state index >= 15 is 0 Å². The zero-order chi connectivity index (χ0) is 11.7. The molecular formula is C12H14BrNO2. The van der Waals surface area contributed by atoms with E-state index in [1.807, 2.05) is 6.20 Å². The van der Waals surface area contributed by atoms with Crippen molar-refractivity contribution in [1.29, 1.82) is 0 Å². The first kappa shape index (κ1) is 11.6. The largest absolute Gasteiger partial charge is 0.465 e. The second kappa shape index (κ2) is 4.53. The molecule has 4 heteroatoms. The molecule has 2 atom stereocenters. The molecule has 0 aromatic carbocycles. The molecule has 1 aliphatic rings. The van der Waals surface area contributed by atoms with Gasteiger partial charge in [0.15, 0.2) is 0 Å². The van der Waals surface area contributed by atoms with Crippen molar-refractivity contribution < 1.29 is 9.53 Å². The van der Waals surface area contributed by atoms with Gasteiger partial charge >= 0.3 is 5.97 Å². The molecule has 0 saturated heterocycles. The van der Waals surface area contributed by atoms with Crippen LogP contribution >= 0.6 is 15.9 Å². The minimum Gasteiger partial charge on any atom is -0.465 e. The molecule has 0 saturated carbocycles. The van der Waals surface area contributed by atoms with Gasteiger partial charge in [-0.25, -0.2) is 4.79 Å². The van der Waals surface area contributed by atoms with Gasteiger partial charge in [0.1, 0.15) is 0 Å². The third-order valence-electron chi connectivity index (χ3n) is 3.11. The lowest BCUT2D eigenvalue weighted by atomic mass is 9.82. The van der Waals surface area contributed by atoms with Crippen LogP contribution in [0.4, 0.5) is 0 Å². The zero-order valence-electron chi connectivity index (χ0n) is 9.37. The number of fused-ring (bicyclic) bond motifs is 1. The van der Waals surface area contributed by atoms with E-state index in [9.17, 15) is 4.79 Å². The third kappa shape index (κ3) is 1.86. The number of alkyl halides is 1. The number of carbonyl (C=O) groups excluding carboxylic acids is 1. The molecule has 0 amide bonds. The molecule has 0 aliphatic heterocycles. The molecule has 3 nitrogen and oxygen atoms in total. The van der Waals surface area contributed by atoms with Gasteiger partial charge in [0.2, 0.25) is 0 Å². The number of hydrogen-bond acceptors (Lipinski definition) is 3. The van der Waals surface area contributed by atoms with Crippen molar-refractivity contribution in [2.24, 2.45) is 0 Å². The van der Waals surface area contributed by atoms with Crippen molar-refractivity contribution in [2.45, 2.75) is 30.5 Å². The van der Waals surface area contributed by atoms with Crippen LogP contribution in [0.25, 0.3) is 0 Å². The first-order valence-corrected chi connectivity index (χ1v) is 6.27. The van der Waals surface area contributed by atoms with Crippen LogP contribution in [0.1, 0.15) is 52.0 Å². The monoisotopic (exact) mass is 283 g/mol. The van der Waals surface area contributed by atoms with Gasteiger partial charge in [0.25, 0.3) is 0 Å². The minimum absolute atomic E-state index is 0.294. The van der Waals surface area contributed by atoms with Crippen LogP contribution in [0, 0.1) is 0 Å². The van der Waals surface area contributed by atoms with E-state index in [-0.39, 0.29) is 5.97 Å². The highest BCUT2D eigenvalue weighted by atomic mass is 79.9. The number of rotatable bonds is 1. The Labute approximate surface area is 103 Å². The summed E-state index contributed by atoms with van der Waals surface area (Å²) in [6.45, 7) is 2.14. The fourth-order valence-electron chi connectivity index (χ4n) is 2.26. The SMILES string of the molecule is COC(=O)c1cncc2c1C(C)CCC2Br. The van der Waals surface area contributed by atoms with Crippen molar-refractivity contribution in [1.82, 2.24) is 4.98 Å². The van der Waals surface area contributed by atoms with Crippen molar-refractivity contribution in [2.75, 3.05) is 7.11 Å². The lowest BCUT2D eigenvalue weighted by Gasteiger charge is -2.27. The van der Waals surface area contributed by atoms with Gasteiger partial charge in [-0.05, 0) is 29.9 Å². The maximum atomic E-state index is 11.7. The highest BCUT2D eigenvalue weighted by Crippen LogP contribution is 2.42. The average molecular weight is 284 g/mol. The van der Waals surface area contributed by atoms with E-state index in [1.54, 1.807) is 6.20 Å². The number of pyridine rings is 1. The summed E-state index contributed by atoms with van der Waals surface area (Å²) in [5, 5.41) is 0. The van der Waals surface area contributed by atoms with Gasteiger partial charge in [-0.1, -0.05) is 22.9 Å². The Morgan fingerprint density at radius 2 is 2.25 bits per heavy atom. The Balaban J connectivity index is 2.56. The molecule has 0 spiro atoms. The summed E-state index contributed by atoms with van der Waals surface area (Å²) in [5.74, 6) is 0.0960. The van der Waals surface area contributed by atoms with Crippen LogP contribution in [-0.4, -0.2) is 18.1 Å². The van der Waals surface area contributed by atoms with E-state index in [2.05, 4.69) is 27.8 Å². The summed E-state index contributed by atoms with van der Waals surface area (Å²) < 4.78 is 4.79. The fourth-order valence-corrected chi connectivity index (χ4v) is 2.88. The van der Waals surface area contributed by atoms with Crippen LogP contribution in [0.5, 0.6) is 0 Å².